The molecule has 2 heterocycles. The third kappa shape index (κ3) is 5.35. The largest absolute Gasteiger partial charge is 0.483 e. The van der Waals surface area contributed by atoms with E-state index in [2.05, 4.69) is 193 Å². The molecule has 2 atom stereocenters. The Morgan fingerprint density at radius 2 is 1.15 bits per heavy atom. The molecule has 3 nitrogen and oxygen atoms in total. The first-order valence-electron chi connectivity index (χ1n) is 17.8. The van der Waals surface area contributed by atoms with Crippen LogP contribution in [-0.4, -0.2) is 11.1 Å². The number of rotatable bonds is 6. The lowest BCUT2D eigenvalue weighted by Crippen LogP contribution is -2.34. The van der Waals surface area contributed by atoms with Crippen molar-refractivity contribution in [3.63, 3.8) is 0 Å². The normalized spacial score (nSPS) is 15.4. The SMILES string of the molecule is C1=c2ccccc2=CC2c3cc(N(c4cccc(-c5ccccc5)c4)c4ccc(-c5ccc6ccccc6c5)c(-c5ccccc5)c4)ncc3OC12. The van der Waals surface area contributed by atoms with Gasteiger partial charge in [-0.25, -0.2) is 4.98 Å². The van der Waals surface area contributed by atoms with Crippen LogP contribution in [0, 0.1) is 0 Å². The summed E-state index contributed by atoms with van der Waals surface area (Å²) in [4.78, 5) is 7.39. The average Bonchev–Trinajstić information content (AvgIpc) is 3.57. The Hall–Kier alpha value is -6.71. The lowest BCUT2D eigenvalue weighted by Gasteiger charge is -2.27. The van der Waals surface area contributed by atoms with Crippen LogP contribution in [0.1, 0.15) is 11.5 Å². The number of hydrogen-bond acceptors (Lipinski definition) is 3. The van der Waals surface area contributed by atoms with Crippen molar-refractivity contribution in [2.75, 3.05) is 4.90 Å². The molecular weight excluding hydrogens is 633 g/mol. The molecule has 52 heavy (non-hydrogen) atoms. The molecule has 1 aliphatic heterocycles. The van der Waals surface area contributed by atoms with Crippen LogP contribution >= 0.6 is 0 Å². The van der Waals surface area contributed by atoms with Crippen molar-refractivity contribution in [1.29, 1.82) is 0 Å². The summed E-state index contributed by atoms with van der Waals surface area (Å²) in [5, 5.41) is 4.91. The molecule has 246 valence electrons. The number of fused-ring (bicyclic) bond motifs is 5. The summed E-state index contributed by atoms with van der Waals surface area (Å²) in [6.07, 6.45) is 6.45. The Kier molecular flexibility index (Phi) is 7.28. The summed E-state index contributed by atoms with van der Waals surface area (Å²) < 4.78 is 6.50. The van der Waals surface area contributed by atoms with Gasteiger partial charge >= 0.3 is 0 Å². The lowest BCUT2D eigenvalue weighted by atomic mass is 9.90. The predicted molar refractivity (Wildman–Crippen MR) is 215 cm³/mol. The summed E-state index contributed by atoms with van der Waals surface area (Å²) in [7, 11) is 0. The van der Waals surface area contributed by atoms with Gasteiger partial charge in [-0.2, -0.15) is 0 Å². The highest BCUT2D eigenvalue weighted by Crippen LogP contribution is 2.45. The number of aromatic nitrogens is 1. The number of ether oxygens (including phenoxy) is 1. The van der Waals surface area contributed by atoms with Gasteiger partial charge in [0.25, 0.3) is 0 Å². The Bertz CT molecular complexity index is 2740. The fourth-order valence-corrected chi connectivity index (χ4v) is 7.84. The molecule has 2 aliphatic rings. The molecular formula is C49H34N2O. The quantitative estimate of drug-likeness (QED) is 0.177. The van der Waals surface area contributed by atoms with Gasteiger partial charge in [0.15, 0.2) is 0 Å². The van der Waals surface area contributed by atoms with E-state index >= 15 is 0 Å². The minimum atomic E-state index is -0.0530. The van der Waals surface area contributed by atoms with Gasteiger partial charge in [-0.1, -0.05) is 146 Å². The molecule has 0 bridgehead atoms. The highest BCUT2D eigenvalue weighted by molar-refractivity contribution is 5.93. The third-order valence-corrected chi connectivity index (χ3v) is 10.4. The maximum absolute atomic E-state index is 6.50. The minimum absolute atomic E-state index is 0.0530. The molecule has 0 saturated heterocycles. The lowest BCUT2D eigenvalue weighted by molar-refractivity contribution is 0.287. The molecule has 0 fully saturated rings. The van der Waals surface area contributed by atoms with Gasteiger partial charge in [0.1, 0.15) is 17.7 Å². The molecule has 1 aromatic heterocycles. The van der Waals surface area contributed by atoms with Crippen LogP contribution in [0.2, 0.25) is 0 Å². The van der Waals surface area contributed by atoms with Gasteiger partial charge in [-0.15, -0.1) is 0 Å². The van der Waals surface area contributed by atoms with Gasteiger partial charge in [0, 0.05) is 22.9 Å². The summed E-state index contributed by atoms with van der Waals surface area (Å²) in [6, 6.07) is 62.9. The van der Waals surface area contributed by atoms with E-state index in [1.807, 2.05) is 6.20 Å². The van der Waals surface area contributed by atoms with Crippen LogP contribution in [-0.2, 0) is 0 Å². The topological polar surface area (TPSA) is 25.4 Å². The number of nitrogens with zero attached hydrogens (tertiary/aromatic N) is 2. The Balaban J connectivity index is 1.16. The number of pyridine rings is 1. The van der Waals surface area contributed by atoms with Gasteiger partial charge in [-0.05, 0) is 97.1 Å². The maximum atomic E-state index is 6.50. The van der Waals surface area contributed by atoms with E-state index in [0.717, 1.165) is 45.2 Å². The van der Waals surface area contributed by atoms with E-state index < -0.39 is 0 Å². The average molecular weight is 667 g/mol. The van der Waals surface area contributed by atoms with Crippen LogP contribution in [0.15, 0.2) is 182 Å². The van der Waals surface area contributed by atoms with Gasteiger partial charge < -0.3 is 4.74 Å². The summed E-state index contributed by atoms with van der Waals surface area (Å²) in [5.41, 5.74) is 10.2. The van der Waals surface area contributed by atoms with E-state index in [9.17, 15) is 0 Å². The van der Waals surface area contributed by atoms with Crippen LogP contribution in [0.3, 0.4) is 0 Å². The highest BCUT2D eigenvalue weighted by Gasteiger charge is 2.34. The standard InChI is InChI=1S/C49H34N2O/c1-3-12-33(13-4-1)37-20-11-21-41(27-37)51(49-31-46-45-28-38-18-9-10-19-39(38)29-47(45)52-48(46)32-50-49)42-24-25-43(44(30-42)35-15-5-2-6-16-35)40-23-22-34-14-7-8-17-36(34)26-40/h1-32,45,47H. The fraction of sp³-hybridized carbons (Fsp3) is 0.0408. The van der Waals surface area contributed by atoms with E-state index in [1.54, 1.807) is 0 Å². The molecule has 7 aromatic carbocycles. The first kappa shape index (κ1) is 30.1. The van der Waals surface area contributed by atoms with Crippen molar-refractivity contribution >= 4 is 40.1 Å². The van der Waals surface area contributed by atoms with Crippen LogP contribution in [0.5, 0.6) is 5.75 Å². The zero-order chi connectivity index (χ0) is 34.4. The molecule has 1 aliphatic carbocycles. The number of benzene rings is 7. The van der Waals surface area contributed by atoms with Gasteiger partial charge in [0.2, 0.25) is 0 Å². The third-order valence-electron chi connectivity index (χ3n) is 10.4. The maximum Gasteiger partial charge on any atom is 0.142 e. The van der Waals surface area contributed by atoms with Crippen LogP contribution < -0.4 is 20.1 Å². The van der Waals surface area contributed by atoms with E-state index in [1.165, 1.54) is 37.9 Å². The van der Waals surface area contributed by atoms with E-state index in [-0.39, 0.29) is 12.0 Å². The molecule has 8 aromatic rings. The molecule has 0 spiro atoms. The fourth-order valence-electron chi connectivity index (χ4n) is 7.84. The van der Waals surface area contributed by atoms with Gasteiger partial charge in [-0.3, -0.25) is 4.90 Å². The zero-order valence-electron chi connectivity index (χ0n) is 28.4. The monoisotopic (exact) mass is 666 g/mol. The predicted octanol–water partition coefficient (Wildman–Crippen LogP) is 10.8. The van der Waals surface area contributed by atoms with Crippen LogP contribution in [0.25, 0.3) is 56.3 Å². The van der Waals surface area contributed by atoms with Crippen molar-refractivity contribution in [2.45, 2.75) is 12.0 Å². The second kappa shape index (κ2) is 12.6. The minimum Gasteiger partial charge on any atom is -0.483 e. The molecule has 2 unspecified atom stereocenters. The molecule has 10 rings (SSSR count). The van der Waals surface area contributed by atoms with Crippen LogP contribution in [0.4, 0.5) is 17.2 Å². The number of anilines is 3. The number of hydrogen-bond donors (Lipinski definition) is 0. The molecule has 3 heteroatoms. The van der Waals surface area contributed by atoms with E-state index in [0.29, 0.717) is 0 Å². The highest BCUT2D eigenvalue weighted by atomic mass is 16.5. The summed E-state index contributed by atoms with van der Waals surface area (Å²) in [6.45, 7) is 0. The van der Waals surface area contributed by atoms with Crippen molar-refractivity contribution in [3.05, 3.63) is 198 Å². The van der Waals surface area contributed by atoms with Gasteiger partial charge in [0.05, 0.1) is 6.20 Å². The Morgan fingerprint density at radius 3 is 1.98 bits per heavy atom. The Morgan fingerprint density at radius 1 is 0.462 bits per heavy atom. The molecule has 0 amide bonds. The second-order valence-electron chi connectivity index (χ2n) is 13.6. The molecule has 0 radical (unpaired) electrons. The van der Waals surface area contributed by atoms with Crippen molar-refractivity contribution in [1.82, 2.24) is 4.98 Å². The molecule has 0 N–H and O–H groups in total. The van der Waals surface area contributed by atoms with Crippen molar-refractivity contribution in [2.24, 2.45) is 0 Å². The zero-order valence-corrected chi connectivity index (χ0v) is 28.4. The van der Waals surface area contributed by atoms with Crippen molar-refractivity contribution < 1.29 is 4.74 Å². The smallest absolute Gasteiger partial charge is 0.142 e. The van der Waals surface area contributed by atoms with E-state index in [4.69, 9.17) is 9.72 Å². The van der Waals surface area contributed by atoms with Crippen molar-refractivity contribution in [3.8, 4) is 39.1 Å². The first-order chi connectivity index (χ1) is 25.7. The Labute approximate surface area is 303 Å². The summed E-state index contributed by atoms with van der Waals surface area (Å²) >= 11 is 0. The first-order valence-corrected chi connectivity index (χ1v) is 17.8. The second-order valence-corrected chi connectivity index (χ2v) is 13.6. The summed E-state index contributed by atoms with van der Waals surface area (Å²) in [5.74, 6) is 1.80. The molecule has 0 saturated carbocycles.